The van der Waals surface area contributed by atoms with Crippen LogP contribution >= 0.6 is 34.7 Å². The lowest BCUT2D eigenvalue weighted by Gasteiger charge is -2.07. The molecule has 0 aliphatic heterocycles. The third-order valence-corrected chi connectivity index (χ3v) is 6.11. The van der Waals surface area contributed by atoms with Gasteiger partial charge in [-0.1, -0.05) is 41.9 Å². The summed E-state index contributed by atoms with van der Waals surface area (Å²) >= 11 is 9.21. The molecule has 7 heteroatoms. The molecule has 2 aromatic carbocycles. The van der Waals surface area contributed by atoms with Gasteiger partial charge < -0.3 is 10.1 Å². The van der Waals surface area contributed by atoms with Crippen LogP contribution in [-0.4, -0.2) is 24.7 Å². The number of ether oxygens (including phenoxy) is 1. The Bertz CT molecular complexity index is 938. The van der Waals surface area contributed by atoms with Crippen molar-refractivity contribution in [2.24, 2.45) is 0 Å². The van der Waals surface area contributed by atoms with Crippen LogP contribution in [0, 0.1) is 0 Å². The zero-order valence-electron chi connectivity index (χ0n) is 14.0. The maximum atomic E-state index is 12.3. The van der Waals surface area contributed by atoms with E-state index in [4.69, 9.17) is 16.3 Å². The highest BCUT2D eigenvalue weighted by atomic mass is 35.5. The summed E-state index contributed by atoms with van der Waals surface area (Å²) in [7, 11) is 0. The molecule has 3 aromatic rings. The maximum absolute atomic E-state index is 12.3. The SMILES string of the molecule is CSc1ccc(COC(=O)CNC(=O)c2sc3ccccc3c2Cl)cc1. The minimum atomic E-state index is -0.496. The zero-order chi connectivity index (χ0) is 18.5. The third kappa shape index (κ3) is 4.38. The van der Waals surface area contributed by atoms with E-state index in [0.29, 0.717) is 9.90 Å². The van der Waals surface area contributed by atoms with Crippen molar-refractivity contribution in [2.45, 2.75) is 11.5 Å². The first-order valence-electron chi connectivity index (χ1n) is 7.82. The molecule has 0 fully saturated rings. The molecule has 0 bridgehead atoms. The number of hydrogen-bond acceptors (Lipinski definition) is 5. The van der Waals surface area contributed by atoms with Gasteiger partial charge in [0.05, 0.1) is 5.02 Å². The second kappa shape index (κ2) is 8.58. The van der Waals surface area contributed by atoms with E-state index in [2.05, 4.69) is 5.32 Å². The lowest BCUT2D eigenvalue weighted by molar-refractivity contribution is -0.143. The number of esters is 1. The molecule has 3 rings (SSSR count). The summed E-state index contributed by atoms with van der Waals surface area (Å²) in [4.78, 5) is 25.7. The average Bonchev–Trinajstić information content (AvgIpc) is 3.02. The van der Waals surface area contributed by atoms with Gasteiger partial charge in [0.25, 0.3) is 5.91 Å². The van der Waals surface area contributed by atoms with E-state index >= 15 is 0 Å². The molecule has 0 aliphatic carbocycles. The highest BCUT2D eigenvalue weighted by molar-refractivity contribution is 7.98. The zero-order valence-corrected chi connectivity index (χ0v) is 16.3. The van der Waals surface area contributed by atoms with Crippen molar-refractivity contribution in [3.63, 3.8) is 0 Å². The van der Waals surface area contributed by atoms with Crippen molar-refractivity contribution < 1.29 is 14.3 Å². The quantitative estimate of drug-likeness (QED) is 0.475. The number of carbonyl (C=O) groups is 2. The van der Waals surface area contributed by atoms with E-state index < -0.39 is 5.97 Å². The normalized spacial score (nSPS) is 10.7. The Morgan fingerprint density at radius 2 is 1.88 bits per heavy atom. The van der Waals surface area contributed by atoms with Crippen molar-refractivity contribution in [2.75, 3.05) is 12.8 Å². The summed E-state index contributed by atoms with van der Waals surface area (Å²) in [6.45, 7) is -0.0285. The van der Waals surface area contributed by atoms with Crippen LogP contribution in [0.4, 0.5) is 0 Å². The lowest BCUT2D eigenvalue weighted by atomic mass is 10.2. The fraction of sp³-hybridized carbons (Fsp3) is 0.158. The van der Waals surface area contributed by atoms with E-state index in [1.165, 1.54) is 11.3 Å². The molecule has 0 atom stereocenters. The predicted octanol–water partition coefficient (Wildman–Crippen LogP) is 4.75. The molecule has 0 saturated heterocycles. The van der Waals surface area contributed by atoms with E-state index in [-0.39, 0.29) is 19.1 Å². The van der Waals surface area contributed by atoms with Crippen LogP contribution in [-0.2, 0) is 16.1 Å². The standard InChI is InChI=1S/C19H16ClNO3S2/c1-25-13-8-6-12(7-9-13)11-24-16(22)10-21-19(23)18-17(20)14-4-2-3-5-15(14)26-18/h2-9H,10-11H2,1H3,(H,21,23). The van der Waals surface area contributed by atoms with Gasteiger partial charge in [-0.25, -0.2) is 0 Å². The molecule has 1 aromatic heterocycles. The van der Waals surface area contributed by atoms with Crippen LogP contribution in [0.5, 0.6) is 0 Å². The molecule has 1 amide bonds. The molecule has 0 aliphatic rings. The smallest absolute Gasteiger partial charge is 0.325 e. The molecular formula is C19H16ClNO3S2. The molecule has 4 nitrogen and oxygen atoms in total. The summed E-state index contributed by atoms with van der Waals surface area (Å²) < 4.78 is 6.12. The largest absolute Gasteiger partial charge is 0.460 e. The number of fused-ring (bicyclic) bond motifs is 1. The summed E-state index contributed by atoms with van der Waals surface area (Å²) in [6.07, 6.45) is 2.00. The van der Waals surface area contributed by atoms with Crippen LogP contribution in [0.2, 0.25) is 5.02 Å². The Balaban J connectivity index is 1.53. The van der Waals surface area contributed by atoms with Gasteiger partial charge >= 0.3 is 5.97 Å². The summed E-state index contributed by atoms with van der Waals surface area (Å²) in [6, 6.07) is 15.3. The number of amides is 1. The lowest BCUT2D eigenvalue weighted by Crippen LogP contribution is -2.30. The first-order chi connectivity index (χ1) is 12.6. The second-order valence-electron chi connectivity index (χ2n) is 5.43. The predicted molar refractivity (Wildman–Crippen MR) is 107 cm³/mol. The number of thiophene rings is 1. The Morgan fingerprint density at radius 1 is 1.15 bits per heavy atom. The van der Waals surface area contributed by atoms with Crippen molar-refractivity contribution in [1.82, 2.24) is 5.32 Å². The number of halogens is 1. The highest BCUT2D eigenvalue weighted by Crippen LogP contribution is 2.34. The molecule has 0 spiro atoms. The van der Waals surface area contributed by atoms with Gasteiger partial charge in [0.1, 0.15) is 18.0 Å². The van der Waals surface area contributed by atoms with Crippen LogP contribution in [0.1, 0.15) is 15.2 Å². The van der Waals surface area contributed by atoms with Gasteiger partial charge in [0.15, 0.2) is 0 Å². The van der Waals surface area contributed by atoms with Crippen molar-refractivity contribution in [3.05, 3.63) is 64.0 Å². The number of hydrogen-bond donors (Lipinski definition) is 1. The van der Waals surface area contributed by atoms with E-state index in [9.17, 15) is 9.59 Å². The summed E-state index contributed by atoms with van der Waals surface area (Å²) in [5.41, 5.74) is 0.898. The highest BCUT2D eigenvalue weighted by Gasteiger charge is 2.17. The molecular weight excluding hydrogens is 390 g/mol. The molecule has 1 N–H and O–H groups in total. The molecule has 0 saturated carbocycles. The van der Waals surface area contributed by atoms with Crippen LogP contribution in [0.3, 0.4) is 0 Å². The van der Waals surface area contributed by atoms with Gasteiger partial charge in [-0.15, -0.1) is 23.1 Å². The van der Waals surface area contributed by atoms with E-state index in [1.54, 1.807) is 11.8 Å². The van der Waals surface area contributed by atoms with Gasteiger partial charge in [-0.05, 0) is 30.0 Å². The molecule has 0 unspecified atom stereocenters. The first-order valence-corrected chi connectivity index (χ1v) is 10.2. The van der Waals surface area contributed by atoms with Crippen LogP contribution < -0.4 is 5.32 Å². The number of rotatable bonds is 6. The Hall–Kier alpha value is -2.02. The molecule has 134 valence electrons. The number of carbonyl (C=O) groups excluding carboxylic acids is 2. The molecule has 0 radical (unpaired) electrons. The van der Waals surface area contributed by atoms with E-state index in [1.807, 2.05) is 54.8 Å². The topological polar surface area (TPSA) is 55.4 Å². The van der Waals surface area contributed by atoms with Gasteiger partial charge in [0.2, 0.25) is 0 Å². The monoisotopic (exact) mass is 405 g/mol. The van der Waals surface area contributed by atoms with Crippen LogP contribution in [0.25, 0.3) is 10.1 Å². The average molecular weight is 406 g/mol. The minimum Gasteiger partial charge on any atom is -0.460 e. The number of thioether (sulfide) groups is 1. The van der Waals surface area contributed by atoms with Gasteiger partial charge in [-0.3, -0.25) is 9.59 Å². The molecule has 26 heavy (non-hydrogen) atoms. The fourth-order valence-corrected chi connectivity index (χ4v) is 4.17. The third-order valence-electron chi connectivity index (χ3n) is 3.69. The minimum absolute atomic E-state index is 0.174. The van der Waals surface area contributed by atoms with Gasteiger partial charge in [-0.2, -0.15) is 0 Å². The Labute approximate surface area is 164 Å². The summed E-state index contributed by atoms with van der Waals surface area (Å²) in [5, 5.41) is 3.81. The second-order valence-corrected chi connectivity index (χ2v) is 7.74. The fourth-order valence-electron chi connectivity index (χ4n) is 2.33. The molecule has 1 heterocycles. The summed E-state index contributed by atoms with van der Waals surface area (Å²) in [5.74, 6) is -0.873. The van der Waals surface area contributed by atoms with Crippen molar-refractivity contribution in [1.29, 1.82) is 0 Å². The van der Waals surface area contributed by atoms with Gasteiger partial charge in [0, 0.05) is 15.0 Å². The Kier molecular flexibility index (Phi) is 6.19. The Morgan fingerprint density at radius 3 is 2.58 bits per heavy atom. The number of benzene rings is 2. The number of nitrogens with one attached hydrogen (secondary N) is 1. The van der Waals surface area contributed by atoms with Crippen molar-refractivity contribution >= 4 is 56.7 Å². The maximum Gasteiger partial charge on any atom is 0.325 e. The first kappa shape index (κ1) is 18.8. The van der Waals surface area contributed by atoms with Crippen LogP contribution in [0.15, 0.2) is 53.4 Å². The van der Waals surface area contributed by atoms with Crippen molar-refractivity contribution in [3.8, 4) is 0 Å². The van der Waals surface area contributed by atoms with E-state index in [0.717, 1.165) is 20.5 Å².